The van der Waals surface area contributed by atoms with Gasteiger partial charge in [-0.05, 0) is 42.3 Å². The molecule has 1 saturated heterocycles. The van der Waals surface area contributed by atoms with Crippen LogP contribution in [0.4, 0.5) is 5.69 Å². The van der Waals surface area contributed by atoms with Gasteiger partial charge in [0.15, 0.2) is 0 Å². The Hall–Kier alpha value is -2.67. The van der Waals surface area contributed by atoms with Crippen molar-refractivity contribution in [2.24, 2.45) is 0 Å². The van der Waals surface area contributed by atoms with Crippen molar-refractivity contribution >= 4 is 29.3 Å². The van der Waals surface area contributed by atoms with Crippen LogP contribution in [0.2, 0.25) is 0 Å². The lowest BCUT2D eigenvalue weighted by Crippen LogP contribution is -2.44. The average molecular weight is 401 g/mol. The third-order valence-electron chi connectivity index (χ3n) is 4.66. The summed E-state index contributed by atoms with van der Waals surface area (Å²) in [5, 5.41) is 2.89. The Morgan fingerprint density at radius 1 is 1.11 bits per heavy atom. The van der Waals surface area contributed by atoms with Crippen molar-refractivity contribution in [3.8, 4) is 11.5 Å². The van der Waals surface area contributed by atoms with Gasteiger partial charge in [0.25, 0.3) is 0 Å². The topological polar surface area (TPSA) is 67.9 Å². The van der Waals surface area contributed by atoms with Gasteiger partial charge >= 0.3 is 0 Å². The molecule has 0 aromatic heterocycles. The first-order valence-electron chi connectivity index (χ1n) is 9.06. The fourth-order valence-electron chi connectivity index (χ4n) is 3.10. The van der Waals surface area contributed by atoms with Crippen LogP contribution in [0.15, 0.2) is 48.5 Å². The molecule has 0 radical (unpaired) electrons. The minimum absolute atomic E-state index is 0.0224. The number of ether oxygens (including phenoxy) is 2. The minimum Gasteiger partial charge on any atom is -0.497 e. The molecule has 28 heavy (non-hydrogen) atoms. The van der Waals surface area contributed by atoms with Gasteiger partial charge in [-0.2, -0.15) is 0 Å². The lowest BCUT2D eigenvalue weighted by Gasteiger charge is -2.23. The first kappa shape index (κ1) is 20.1. The molecule has 0 bridgehead atoms. The molecule has 1 aliphatic heterocycles. The second-order valence-corrected chi connectivity index (χ2v) is 7.41. The summed E-state index contributed by atoms with van der Waals surface area (Å²) in [7, 11) is 3.22. The first-order chi connectivity index (χ1) is 13.6. The van der Waals surface area contributed by atoms with Crippen LogP contribution in [0, 0.1) is 0 Å². The molecule has 0 spiro atoms. The minimum atomic E-state index is -0.461. The van der Waals surface area contributed by atoms with E-state index in [9.17, 15) is 9.59 Å². The van der Waals surface area contributed by atoms with Crippen LogP contribution >= 0.6 is 11.8 Å². The summed E-state index contributed by atoms with van der Waals surface area (Å²) in [6.07, 6.45) is 0.921. The van der Waals surface area contributed by atoms with Gasteiger partial charge in [0.1, 0.15) is 17.5 Å². The Labute approximate surface area is 169 Å². The van der Waals surface area contributed by atoms with E-state index in [0.717, 1.165) is 17.1 Å². The highest BCUT2D eigenvalue weighted by molar-refractivity contribution is 7.99. The zero-order chi connectivity index (χ0) is 19.9. The Morgan fingerprint density at radius 2 is 1.86 bits per heavy atom. The maximum absolute atomic E-state index is 12.7. The van der Waals surface area contributed by atoms with Crippen molar-refractivity contribution in [1.29, 1.82) is 0 Å². The number of amides is 2. The summed E-state index contributed by atoms with van der Waals surface area (Å²) in [5.41, 5.74) is 1.67. The Bertz CT molecular complexity index is 825. The molecule has 3 rings (SSSR count). The van der Waals surface area contributed by atoms with Crippen molar-refractivity contribution < 1.29 is 19.1 Å². The van der Waals surface area contributed by atoms with Gasteiger partial charge in [0, 0.05) is 17.9 Å². The summed E-state index contributed by atoms with van der Waals surface area (Å²) >= 11 is 1.59. The fraction of sp³-hybridized carbons (Fsp3) is 0.333. The van der Waals surface area contributed by atoms with Crippen LogP contribution < -0.4 is 14.8 Å². The van der Waals surface area contributed by atoms with E-state index in [2.05, 4.69) is 5.32 Å². The standard InChI is InChI=1S/C21H24N2O4S/c1-26-17-10-8-16(9-11-17)22-21(25)18-13-28-14-23(18)20(24)12-7-15-5-3-4-6-19(15)27-2/h3-6,8-11,18H,7,12-14H2,1-2H3,(H,22,25). The Kier molecular flexibility index (Phi) is 6.81. The third kappa shape index (κ3) is 4.78. The fourth-order valence-corrected chi connectivity index (χ4v) is 4.28. The van der Waals surface area contributed by atoms with Crippen LogP contribution in [0.3, 0.4) is 0 Å². The van der Waals surface area contributed by atoms with Crippen molar-refractivity contribution in [2.75, 3.05) is 31.2 Å². The number of carbonyl (C=O) groups excluding carboxylic acids is 2. The molecule has 7 heteroatoms. The molecule has 2 aromatic carbocycles. The second-order valence-electron chi connectivity index (χ2n) is 6.41. The number of hydrogen-bond donors (Lipinski definition) is 1. The van der Waals surface area contributed by atoms with E-state index in [0.29, 0.717) is 30.2 Å². The van der Waals surface area contributed by atoms with Crippen LogP contribution in [-0.2, 0) is 16.0 Å². The predicted molar refractivity (Wildman–Crippen MR) is 111 cm³/mol. The number of nitrogens with zero attached hydrogens (tertiary/aromatic N) is 1. The van der Waals surface area contributed by atoms with Crippen molar-refractivity contribution in [3.63, 3.8) is 0 Å². The molecule has 2 aromatic rings. The van der Waals surface area contributed by atoms with Gasteiger partial charge < -0.3 is 19.7 Å². The average Bonchev–Trinajstić information content (AvgIpc) is 3.23. The Balaban J connectivity index is 1.59. The van der Waals surface area contributed by atoms with Gasteiger partial charge in [0.05, 0.1) is 20.1 Å². The second kappa shape index (κ2) is 9.50. The summed E-state index contributed by atoms with van der Waals surface area (Å²) in [5.74, 6) is 2.45. The molecule has 1 fully saturated rings. The van der Waals surface area contributed by atoms with Crippen LogP contribution in [0.25, 0.3) is 0 Å². The zero-order valence-corrected chi connectivity index (χ0v) is 16.8. The molecule has 1 aliphatic rings. The van der Waals surface area contributed by atoms with Gasteiger partial charge in [-0.15, -0.1) is 11.8 Å². The lowest BCUT2D eigenvalue weighted by atomic mass is 10.1. The maximum Gasteiger partial charge on any atom is 0.248 e. The number of nitrogens with one attached hydrogen (secondary N) is 1. The number of anilines is 1. The predicted octanol–water partition coefficient (Wildman–Crippen LogP) is 3.18. The highest BCUT2D eigenvalue weighted by Gasteiger charge is 2.34. The van der Waals surface area contributed by atoms with E-state index in [1.54, 1.807) is 55.1 Å². The highest BCUT2D eigenvalue weighted by Crippen LogP contribution is 2.25. The van der Waals surface area contributed by atoms with Crippen LogP contribution in [0.5, 0.6) is 11.5 Å². The molecule has 148 valence electrons. The molecule has 0 saturated carbocycles. The van der Waals surface area contributed by atoms with Gasteiger partial charge in [-0.25, -0.2) is 0 Å². The zero-order valence-electron chi connectivity index (χ0n) is 16.0. The maximum atomic E-state index is 12.7. The van der Waals surface area contributed by atoms with E-state index in [1.807, 2.05) is 24.3 Å². The van der Waals surface area contributed by atoms with E-state index < -0.39 is 6.04 Å². The molecule has 0 aliphatic carbocycles. The summed E-state index contributed by atoms with van der Waals surface area (Å²) in [6, 6.07) is 14.4. The molecule has 1 atom stereocenters. The number of aryl methyl sites for hydroxylation is 1. The third-order valence-corrected chi connectivity index (χ3v) is 5.68. The SMILES string of the molecule is COc1ccc(NC(=O)C2CSCN2C(=O)CCc2ccccc2OC)cc1. The van der Waals surface area contributed by atoms with Gasteiger partial charge in [-0.3, -0.25) is 9.59 Å². The largest absolute Gasteiger partial charge is 0.497 e. The number of para-hydroxylation sites is 1. The lowest BCUT2D eigenvalue weighted by molar-refractivity contribution is -0.136. The molecule has 6 nitrogen and oxygen atoms in total. The van der Waals surface area contributed by atoms with Crippen LogP contribution in [0.1, 0.15) is 12.0 Å². The summed E-state index contributed by atoms with van der Waals surface area (Å²) in [6.45, 7) is 0. The normalized spacial score (nSPS) is 15.9. The first-order valence-corrected chi connectivity index (χ1v) is 10.2. The van der Waals surface area contributed by atoms with Crippen LogP contribution in [-0.4, -0.2) is 48.6 Å². The van der Waals surface area contributed by atoms with E-state index in [4.69, 9.17) is 9.47 Å². The monoisotopic (exact) mass is 400 g/mol. The number of carbonyl (C=O) groups is 2. The number of hydrogen-bond acceptors (Lipinski definition) is 5. The van der Waals surface area contributed by atoms with E-state index in [-0.39, 0.29) is 11.8 Å². The molecular formula is C21H24N2O4S. The number of benzene rings is 2. The van der Waals surface area contributed by atoms with Gasteiger partial charge in [0.2, 0.25) is 11.8 Å². The van der Waals surface area contributed by atoms with Gasteiger partial charge in [-0.1, -0.05) is 18.2 Å². The summed E-state index contributed by atoms with van der Waals surface area (Å²) < 4.78 is 10.5. The summed E-state index contributed by atoms with van der Waals surface area (Å²) in [4.78, 5) is 27.1. The van der Waals surface area contributed by atoms with Crippen molar-refractivity contribution in [3.05, 3.63) is 54.1 Å². The van der Waals surface area contributed by atoms with Crippen molar-refractivity contribution in [1.82, 2.24) is 4.90 Å². The van der Waals surface area contributed by atoms with Crippen molar-refractivity contribution in [2.45, 2.75) is 18.9 Å². The molecule has 1 N–H and O–H groups in total. The van der Waals surface area contributed by atoms with E-state index in [1.165, 1.54) is 0 Å². The van der Waals surface area contributed by atoms with E-state index >= 15 is 0 Å². The molecule has 1 unspecified atom stereocenters. The smallest absolute Gasteiger partial charge is 0.248 e. The number of rotatable bonds is 7. The Morgan fingerprint density at radius 3 is 2.57 bits per heavy atom. The number of thioether (sulfide) groups is 1. The molecule has 2 amide bonds. The number of methoxy groups -OCH3 is 2. The highest BCUT2D eigenvalue weighted by atomic mass is 32.2. The molecule has 1 heterocycles. The quantitative estimate of drug-likeness (QED) is 0.773. The molecular weight excluding hydrogens is 376 g/mol.